The SMILES string of the molecule is CCCCCC/C=C\CCCCCCCCCC(=O)OC(COC(=O)CCCCCCCCCCCCCCCCCCCCCCC)COP(=O)(O)OCCN(C)C. The molecule has 0 radical (unpaired) electrons. The number of carbonyl (C=O) groups is 2. The maximum Gasteiger partial charge on any atom is 0.472 e. The summed E-state index contributed by atoms with van der Waals surface area (Å²) < 4.78 is 33.6. The number of carbonyl (C=O) groups excluding carboxylic acids is 2. The lowest BCUT2D eigenvalue weighted by Gasteiger charge is -2.20. The Morgan fingerprint density at radius 1 is 0.508 bits per heavy atom. The number of hydrogen-bond acceptors (Lipinski definition) is 8. The van der Waals surface area contributed by atoms with Crippen LogP contribution < -0.4 is 0 Å². The van der Waals surface area contributed by atoms with Gasteiger partial charge in [-0.2, -0.15) is 0 Å². The summed E-state index contributed by atoms with van der Waals surface area (Å²) in [6, 6.07) is 0. The van der Waals surface area contributed by atoms with E-state index < -0.39 is 26.5 Å². The fourth-order valence-electron chi connectivity index (χ4n) is 7.21. The Hall–Kier alpha value is -1.25. The van der Waals surface area contributed by atoms with Crippen molar-refractivity contribution < 1.29 is 37.6 Å². The minimum absolute atomic E-state index is 0.00989. The number of allylic oxidation sites excluding steroid dienone is 2. The number of nitrogens with zero attached hydrogens (tertiary/aromatic N) is 1. The van der Waals surface area contributed by atoms with Crippen LogP contribution >= 0.6 is 7.82 Å². The van der Waals surface area contributed by atoms with Crippen molar-refractivity contribution in [2.24, 2.45) is 0 Å². The maximum atomic E-state index is 12.7. The first-order chi connectivity index (χ1) is 28.7. The second kappa shape index (κ2) is 44.8. The van der Waals surface area contributed by atoms with Crippen LogP contribution in [0.5, 0.6) is 0 Å². The van der Waals surface area contributed by atoms with Gasteiger partial charge in [0, 0.05) is 19.4 Å². The number of ether oxygens (including phenoxy) is 2. The Kier molecular flexibility index (Phi) is 43.8. The van der Waals surface area contributed by atoms with E-state index in [1.54, 1.807) is 0 Å². The number of esters is 2. The van der Waals surface area contributed by atoms with Gasteiger partial charge >= 0.3 is 19.8 Å². The predicted molar refractivity (Wildman–Crippen MR) is 248 cm³/mol. The van der Waals surface area contributed by atoms with Gasteiger partial charge in [0.1, 0.15) is 6.61 Å². The smallest absolute Gasteiger partial charge is 0.462 e. The van der Waals surface area contributed by atoms with Crippen molar-refractivity contribution in [3.63, 3.8) is 0 Å². The molecule has 0 spiro atoms. The molecule has 0 saturated carbocycles. The van der Waals surface area contributed by atoms with Crippen LogP contribution in [0, 0.1) is 0 Å². The van der Waals surface area contributed by atoms with Crippen molar-refractivity contribution >= 4 is 19.8 Å². The predicted octanol–water partition coefficient (Wildman–Crippen LogP) is 14.8. The molecule has 0 bridgehead atoms. The number of unbranched alkanes of at least 4 members (excludes halogenated alkanes) is 31. The zero-order valence-electron chi connectivity index (χ0n) is 39.2. The quantitative estimate of drug-likeness (QED) is 0.0277. The largest absolute Gasteiger partial charge is 0.472 e. The molecule has 0 fully saturated rings. The summed E-state index contributed by atoms with van der Waals surface area (Å²) in [5.41, 5.74) is 0. The van der Waals surface area contributed by atoms with Crippen LogP contribution in [0.2, 0.25) is 0 Å². The third kappa shape index (κ3) is 46.1. The highest BCUT2D eigenvalue weighted by molar-refractivity contribution is 7.47. The first-order valence-electron chi connectivity index (χ1n) is 25.0. The number of likely N-dealkylation sites (N-methyl/N-ethyl adjacent to an activating group) is 1. The molecule has 0 aromatic heterocycles. The lowest BCUT2D eigenvalue weighted by atomic mass is 10.0. The molecule has 10 heteroatoms. The molecular weight excluding hydrogens is 762 g/mol. The summed E-state index contributed by atoms with van der Waals surface area (Å²) in [4.78, 5) is 37.2. The number of rotatable bonds is 47. The summed E-state index contributed by atoms with van der Waals surface area (Å²) in [7, 11) is -0.703. The second-order valence-corrected chi connectivity index (χ2v) is 18.8. The lowest BCUT2D eigenvalue weighted by molar-refractivity contribution is -0.161. The Morgan fingerprint density at radius 3 is 1.27 bits per heavy atom. The molecule has 0 aromatic rings. The second-order valence-electron chi connectivity index (χ2n) is 17.4. The number of phosphoric ester groups is 1. The first kappa shape index (κ1) is 57.8. The van der Waals surface area contributed by atoms with Gasteiger partial charge in [0.25, 0.3) is 0 Å². The molecule has 0 rings (SSSR count). The highest BCUT2D eigenvalue weighted by Crippen LogP contribution is 2.43. The molecule has 0 aliphatic rings. The molecule has 350 valence electrons. The van der Waals surface area contributed by atoms with E-state index in [0.29, 0.717) is 19.4 Å². The maximum absolute atomic E-state index is 12.7. The van der Waals surface area contributed by atoms with E-state index in [1.165, 1.54) is 167 Å². The van der Waals surface area contributed by atoms with Crippen molar-refractivity contribution in [1.29, 1.82) is 0 Å². The summed E-state index contributed by atoms with van der Waals surface area (Å²) in [5, 5.41) is 0. The van der Waals surface area contributed by atoms with E-state index in [1.807, 2.05) is 19.0 Å². The molecule has 0 aliphatic heterocycles. The van der Waals surface area contributed by atoms with E-state index in [2.05, 4.69) is 26.0 Å². The van der Waals surface area contributed by atoms with Crippen LogP contribution in [0.15, 0.2) is 12.2 Å². The third-order valence-corrected chi connectivity index (χ3v) is 12.1. The van der Waals surface area contributed by atoms with Crippen LogP contribution in [-0.2, 0) is 32.7 Å². The molecule has 59 heavy (non-hydrogen) atoms. The van der Waals surface area contributed by atoms with E-state index >= 15 is 0 Å². The zero-order valence-corrected chi connectivity index (χ0v) is 40.1. The van der Waals surface area contributed by atoms with Gasteiger partial charge in [-0.1, -0.05) is 206 Å². The Bertz CT molecular complexity index is 993. The highest BCUT2D eigenvalue weighted by Gasteiger charge is 2.26. The fraction of sp³-hybridized carbons (Fsp3) is 0.918. The van der Waals surface area contributed by atoms with Crippen LogP contribution in [0.3, 0.4) is 0 Å². The zero-order chi connectivity index (χ0) is 43.3. The summed E-state index contributed by atoms with van der Waals surface area (Å²) >= 11 is 0. The molecule has 0 aromatic carbocycles. The van der Waals surface area contributed by atoms with Crippen molar-refractivity contribution in [2.75, 3.05) is 40.5 Å². The molecular formula is C49H96NO8P. The van der Waals surface area contributed by atoms with Gasteiger partial charge in [0.15, 0.2) is 6.10 Å². The summed E-state index contributed by atoms with van der Waals surface area (Å²) in [5.74, 6) is -0.793. The highest BCUT2D eigenvalue weighted by atomic mass is 31.2. The molecule has 0 heterocycles. The van der Waals surface area contributed by atoms with Crippen LogP contribution in [0.4, 0.5) is 0 Å². The van der Waals surface area contributed by atoms with E-state index in [9.17, 15) is 19.0 Å². The normalized spacial score (nSPS) is 13.3. The van der Waals surface area contributed by atoms with Gasteiger partial charge in [0.05, 0.1) is 13.2 Å². The average Bonchev–Trinajstić information content (AvgIpc) is 3.20. The van der Waals surface area contributed by atoms with Crippen molar-refractivity contribution in [2.45, 2.75) is 251 Å². The fourth-order valence-corrected chi connectivity index (χ4v) is 7.96. The molecule has 9 nitrogen and oxygen atoms in total. The Balaban J connectivity index is 4.13. The van der Waals surface area contributed by atoms with Gasteiger partial charge in [-0.25, -0.2) is 4.57 Å². The minimum atomic E-state index is -4.36. The minimum Gasteiger partial charge on any atom is -0.462 e. The summed E-state index contributed by atoms with van der Waals surface area (Å²) in [6.07, 6.45) is 46.9. The van der Waals surface area contributed by atoms with E-state index in [4.69, 9.17) is 18.5 Å². The number of phosphoric acid groups is 1. The average molecular weight is 858 g/mol. The molecule has 2 atom stereocenters. The van der Waals surface area contributed by atoms with Crippen LogP contribution in [0.1, 0.15) is 245 Å². The molecule has 0 amide bonds. The standard InChI is InChI=1S/C49H96NO8P/c1-5-7-9-11-13-15-17-19-21-22-23-24-25-26-28-29-31-33-35-37-39-41-48(51)55-45-47(46-57-59(53,54)56-44-43-50(3)4)58-49(52)42-40-38-36-34-32-30-27-20-18-16-14-12-10-8-6-2/h16,18,47H,5-15,17,19-46H2,1-4H3,(H,53,54)/b18-16-. The van der Waals surface area contributed by atoms with E-state index in [-0.39, 0.29) is 25.6 Å². The van der Waals surface area contributed by atoms with Gasteiger partial charge in [-0.05, 0) is 52.6 Å². The Labute approximate surface area is 364 Å². The van der Waals surface area contributed by atoms with Gasteiger partial charge < -0.3 is 19.3 Å². The van der Waals surface area contributed by atoms with Crippen molar-refractivity contribution in [3.8, 4) is 0 Å². The monoisotopic (exact) mass is 858 g/mol. The van der Waals surface area contributed by atoms with E-state index in [0.717, 1.165) is 44.9 Å². The third-order valence-electron chi connectivity index (χ3n) is 11.1. The molecule has 2 unspecified atom stereocenters. The van der Waals surface area contributed by atoms with Crippen molar-refractivity contribution in [1.82, 2.24) is 4.90 Å². The molecule has 0 saturated heterocycles. The van der Waals surface area contributed by atoms with Crippen molar-refractivity contribution in [3.05, 3.63) is 12.2 Å². The summed E-state index contributed by atoms with van der Waals surface area (Å²) in [6.45, 7) is 4.35. The van der Waals surface area contributed by atoms with Gasteiger partial charge in [0.2, 0.25) is 0 Å². The first-order valence-corrected chi connectivity index (χ1v) is 26.5. The topological polar surface area (TPSA) is 112 Å². The Morgan fingerprint density at radius 2 is 0.864 bits per heavy atom. The number of hydrogen-bond donors (Lipinski definition) is 1. The van der Waals surface area contributed by atoms with Crippen LogP contribution in [0.25, 0.3) is 0 Å². The molecule has 0 aliphatic carbocycles. The molecule has 1 N–H and O–H groups in total. The van der Waals surface area contributed by atoms with Crippen LogP contribution in [-0.4, -0.2) is 68.3 Å². The van der Waals surface area contributed by atoms with Gasteiger partial charge in [-0.3, -0.25) is 18.6 Å². The van der Waals surface area contributed by atoms with Gasteiger partial charge in [-0.15, -0.1) is 0 Å². The lowest BCUT2D eigenvalue weighted by Crippen LogP contribution is -2.29.